The van der Waals surface area contributed by atoms with Crippen LogP contribution in [0.1, 0.15) is 60.3 Å². The number of rotatable bonds is 10. The van der Waals surface area contributed by atoms with Crippen LogP contribution >= 0.6 is 0 Å². The molecule has 24 heavy (non-hydrogen) atoms. The highest BCUT2D eigenvalue weighted by Crippen LogP contribution is 2.21. The second kappa shape index (κ2) is 14.9. The van der Waals surface area contributed by atoms with Gasteiger partial charge in [-0.15, -0.1) is 0 Å². The summed E-state index contributed by atoms with van der Waals surface area (Å²) in [7, 11) is 0. The standard InChI is InChI=1S/C20H29F.C3H8/c1-8-15(2)9-10-16(3)17(4)11-12-18(5)19(6)13-14-20(7)21;1-3-2/h11-16H,4-10H2,1-3H3;3H2,1-2H3/b12-11-,14-13-;. The van der Waals surface area contributed by atoms with Gasteiger partial charge in [-0.05, 0) is 35.5 Å². The predicted octanol–water partition coefficient (Wildman–Crippen LogP) is 8.13. The Morgan fingerprint density at radius 1 is 0.833 bits per heavy atom. The van der Waals surface area contributed by atoms with Crippen molar-refractivity contribution in [2.24, 2.45) is 11.8 Å². The fourth-order valence-corrected chi connectivity index (χ4v) is 1.70. The number of hydrogen-bond acceptors (Lipinski definition) is 0. The van der Waals surface area contributed by atoms with Crippen molar-refractivity contribution >= 4 is 0 Å². The summed E-state index contributed by atoms with van der Waals surface area (Å²) < 4.78 is 12.5. The van der Waals surface area contributed by atoms with Gasteiger partial charge in [0.2, 0.25) is 0 Å². The van der Waals surface area contributed by atoms with E-state index in [9.17, 15) is 4.39 Å². The Morgan fingerprint density at radius 2 is 1.29 bits per heavy atom. The third-order valence-corrected chi connectivity index (χ3v) is 3.80. The molecule has 0 aliphatic rings. The van der Waals surface area contributed by atoms with E-state index < -0.39 is 5.83 Å². The molecule has 0 aromatic rings. The van der Waals surface area contributed by atoms with Gasteiger partial charge in [-0.3, -0.25) is 0 Å². The highest BCUT2D eigenvalue weighted by atomic mass is 19.1. The Bertz CT molecular complexity index is 462. The van der Waals surface area contributed by atoms with Crippen molar-refractivity contribution in [3.05, 3.63) is 73.2 Å². The third-order valence-electron chi connectivity index (χ3n) is 3.80. The molecule has 0 rings (SSSR count). The molecule has 0 radical (unpaired) electrons. The van der Waals surface area contributed by atoms with Crippen molar-refractivity contribution in [1.82, 2.24) is 0 Å². The van der Waals surface area contributed by atoms with E-state index in [1.807, 2.05) is 12.2 Å². The van der Waals surface area contributed by atoms with Gasteiger partial charge < -0.3 is 0 Å². The lowest BCUT2D eigenvalue weighted by atomic mass is 9.91. The highest BCUT2D eigenvalue weighted by molar-refractivity contribution is 5.45. The Labute approximate surface area is 150 Å². The Hall–Kier alpha value is -1.63. The summed E-state index contributed by atoms with van der Waals surface area (Å²) in [5, 5.41) is 0. The van der Waals surface area contributed by atoms with Gasteiger partial charge in [-0.25, -0.2) is 4.39 Å². The summed E-state index contributed by atoms with van der Waals surface area (Å²) in [5.41, 5.74) is 2.51. The molecule has 0 amide bonds. The largest absolute Gasteiger partial charge is 0.208 e. The molecule has 0 saturated heterocycles. The van der Waals surface area contributed by atoms with Crippen LogP contribution in [-0.4, -0.2) is 0 Å². The summed E-state index contributed by atoms with van der Waals surface area (Å²) in [6, 6.07) is 0. The van der Waals surface area contributed by atoms with Gasteiger partial charge in [0.05, 0.1) is 0 Å². The molecular weight excluding hydrogens is 295 g/mol. The topological polar surface area (TPSA) is 0 Å². The molecule has 2 atom stereocenters. The Morgan fingerprint density at radius 3 is 1.71 bits per heavy atom. The molecular formula is C23H37F. The lowest BCUT2D eigenvalue weighted by molar-refractivity contribution is 0.454. The summed E-state index contributed by atoms with van der Waals surface area (Å²) in [5.74, 6) is 0.728. The predicted molar refractivity (Wildman–Crippen MR) is 110 cm³/mol. The van der Waals surface area contributed by atoms with E-state index in [-0.39, 0.29) is 0 Å². The first kappa shape index (κ1) is 24.6. The molecule has 0 saturated carbocycles. The SMILES string of the molecule is C=C(F)/C=C\C(=C)C(=C)/C=C\C(=C)C(C)CCC(C)CC.CCC. The van der Waals surface area contributed by atoms with Gasteiger partial charge in [0.1, 0.15) is 5.83 Å². The molecule has 0 N–H and O–H groups in total. The average Bonchev–Trinajstić information content (AvgIpc) is 2.54. The molecule has 0 heterocycles. The van der Waals surface area contributed by atoms with Gasteiger partial charge in [0.15, 0.2) is 0 Å². The second-order valence-electron chi connectivity index (χ2n) is 6.44. The first-order chi connectivity index (χ1) is 11.2. The maximum Gasteiger partial charge on any atom is 0.116 e. The monoisotopic (exact) mass is 332 g/mol. The molecule has 2 unspecified atom stereocenters. The normalized spacial score (nSPS) is 13.2. The van der Waals surface area contributed by atoms with Gasteiger partial charge in [0.25, 0.3) is 0 Å². The molecule has 136 valence electrons. The molecule has 0 aromatic carbocycles. The van der Waals surface area contributed by atoms with E-state index in [0.717, 1.165) is 23.5 Å². The van der Waals surface area contributed by atoms with Gasteiger partial charge in [-0.2, -0.15) is 0 Å². The van der Waals surface area contributed by atoms with E-state index in [1.165, 1.54) is 25.3 Å². The van der Waals surface area contributed by atoms with Crippen molar-refractivity contribution in [3.8, 4) is 0 Å². The summed E-state index contributed by atoms with van der Waals surface area (Å²) >= 11 is 0. The van der Waals surface area contributed by atoms with Crippen LogP contribution in [0.15, 0.2) is 73.2 Å². The fraction of sp³-hybridized carbons (Fsp3) is 0.478. The van der Waals surface area contributed by atoms with Gasteiger partial charge >= 0.3 is 0 Å². The van der Waals surface area contributed by atoms with Crippen molar-refractivity contribution in [3.63, 3.8) is 0 Å². The first-order valence-electron chi connectivity index (χ1n) is 8.96. The number of allylic oxidation sites excluding steroid dienone is 8. The highest BCUT2D eigenvalue weighted by Gasteiger charge is 2.07. The zero-order valence-corrected chi connectivity index (χ0v) is 16.5. The molecule has 0 bridgehead atoms. The average molecular weight is 333 g/mol. The van der Waals surface area contributed by atoms with Gasteiger partial charge in [0, 0.05) is 0 Å². The molecule has 0 aromatic heterocycles. The van der Waals surface area contributed by atoms with E-state index in [0.29, 0.717) is 11.5 Å². The number of halogens is 1. The second-order valence-corrected chi connectivity index (χ2v) is 6.44. The summed E-state index contributed by atoms with van der Waals surface area (Å²) in [6.45, 7) is 26.0. The van der Waals surface area contributed by atoms with Crippen LogP contribution in [0.3, 0.4) is 0 Å². The maximum atomic E-state index is 12.5. The Balaban J connectivity index is 0. The van der Waals surface area contributed by atoms with Crippen LogP contribution in [0.25, 0.3) is 0 Å². The minimum absolute atomic E-state index is 0.456. The summed E-state index contributed by atoms with van der Waals surface area (Å²) in [6.07, 6.45) is 11.6. The van der Waals surface area contributed by atoms with Crippen molar-refractivity contribution in [2.75, 3.05) is 0 Å². The van der Waals surface area contributed by atoms with Crippen LogP contribution in [0.4, 0.5) is 4.39 Å². The van der Waals surface area contributed by atoms with Crippen molar-refractivity contribution < 1.29 is 4.39 Å². The smallest absolute Gasteiger partial charge is 0.116 e. The van der Waals surface area contributed by atoms with E-state index >= 15 is 0 Å². The van der Waals surface area contributed by atoms with Gasteiger partial charge in [-0.1, -0.05) is 104 Å². The van der Waals surface area contributed by atoms with E-state index in [2.05, 4.69) is 60.9 Å². The zero-order valence-electron chi connectivity index (χ0n) is 16.5. The van der Waals surface area contributed by atoms with Crippen molar-refractivity contribution in [2.45, 2.75) is 60.3 Å². The van der Waals surface area contributed by atoms with Crippen LogP contribution in [0, 0.1) is 11.8 Å². The molecule has 0 aliphatic heterocycles. The number of hydrogen-bond donors (Lipinski definition) is 0. The maximum absolute atomic E-state index is 12.5. The minimum atomic E-state index is -0.490. The zero-order chi connectivity index (χ0) is 19.1. The molecule has 0 spiro atoms. The van der Waals surface area contributed by atoms with Crippen LogP contribution in [0.5, 0.6) is 0 Å². The summed E-state index contributed by atoms with van der Waals surface area (Å²) in [4.78, 5) is 0. The van der Waals surface area contributed by atoms with Crippen LogP contribution in [0.2, 0.25) is 0 Å². The first-order valence-corrected chi connectivity index (χ1v) is 8.96. The molecule has 1 heteroatoms. The Kier molecular flexibility index (Phi) is 15.3. The lowest BCUT2D eigenvalue weighted by Gasteiger charge is -2.14. The minimum Gasteiger partial charge on any atom is -0.208 e. The van der Waals surface area contributed by atoms with Crippen LogP contribution < -0.4 is 0 Å². The van der Waals surface area contributed by atoms with E-state index in [4.69, 9.17) is 0 Å². The molecule has 0 aliphatic carbocycles. The molecule has 0 nitrogen and oxygen atoms in total. The quantitative estimate of drug-likeness (QED) is 0.354. The van der Waals surface area contributed by atoms with E-state index in [1.54, 1.807) is 6.08 Å². The third kappa shape index (κ3) is 14.0. The van der Waals surface area contributed by atoms with Crippen molar-refractivity contribution in [1.29, 1.82) is 0 Å². The lowest BCUT2D eigenvalue weighted by Crippen LogP contribution is -2.00. The molecule has 0 fully saturated rings. The fourth-order valence-electron chi connectivity index (χ4n) is 1.70. The van der Waals surface area contributed by atoms with Crippen LogP contribution in [-0.2, 0) is 0 Å².